The molecule has 0 radical (unpaired) electrons. The Morgan fingerprint density at radius 2 is 2.28 bits per heavy atom. The van der Waals surface area contributed by atoms with Gasteiger partial charge in [0.15, 0.2) is 0 Å². The van der Waals surface area contributed by atoms with Gasteiger partial charge in [-0.15, -0.1) is 0 Å². The van der Waals surface area contributed by atoms with E-state index in [0.717, 1.165) is 5.56 Å². The van der Waals surface area contributed by atoms with Crippen LogP contribution in [0.2, 0.25) is 0 Å². The van der Waals surface area contributed by atoms with Crippen molar-refractivity contribution in [3.05, 3.63) is 47.9 Å². The Morgan fingerprint density at radius 1 is 1.44 bits per heavy atom. The highest BCUT2D eigenvalue weighted by atomic mass is 16.5. The molecule has 0 saturated heterocycles. The third kappa shape index (κ3) is 2.63. The second kappa shape index (κ2) is 5.27. The minimum Gasteiger partial charge on any atom is -0.497 e. The predicted molar refractivity (Wildman–Crippen MR) is 67.3 cm³/mol. The molecule has 0 atom stereocenters. The number of nitrogen functional groups attached to an aromatic ring is 1. The lowest BCUT2D eigenvalue weighted by Crippen LogP contribution is -2.23. The number of nitrogens with one attached hydrogen (secondary N) is 1. The summed E-state index contributed by atoms with van der Waals surface area (Å²) >= 11 is 0. The molecule has 0 bridgehead atoms. The molecular weight excluding hydrogens is 232 g/mol. The molecule has 0 aliphatic rings. The number of anilines is 1. The van der Waals surface area contributed by atoms with Crippen molar-refractivity contribution in [2.45, 2.75) is 6.54 Å². The molecule has 1 aromatic carbocycles. The van der Waals surface area contributed by atoms with Crippen LogP contribution in [0.5, 0.6) is 5.75 Å². The summed E-state index contributed by atoms with van der Waals surface area (Å²) in [4.78, 5) is 11.9. The van der Waals surface area contributed by atoms with Crippen LogP contribution in [0.25, 0.3) is 0 Å². The first-order valence-electron chi connectivity index (χ1n) is 5.43. The Labute approximate surface area is 105 Å². The number of amides is 1. The molecule has 3 N–H and O–H groups in total. The average Bonchev–Trinajstić information content (AvgIpc) is 2.88. The van der Waals surface area contributed by atoms with Crippen molar-refractivity contribution in [3.8, 4) is 5.75 Å². The summed E-state index contributed by atoms with van der Waals surface area (Å²) in [7, 11) is 1.55. The minimum atomic E-state index is -0.226. The van der Waals surface area contributed by atoms with Crippen molar-refractivity contribution in [1.29, 1.82) is 0 Å². The lowest BCUT2D eigenvalue weighted by molar-refractivity contribution is 0.0952. The van der Waals surface area contributed by atoms with E-state index < -0.39 is 0 Å². The highest BCUT2D eigenvalue weighted by Crippen LogP contribution is 2.19. The largest absolute Gasteiger partial charge is 0.497 e. The number of ether oxygens (including phenoxy) is 1. The SMILES string of the molecule is COc1ccc(C(=O)NCc2ccoc2)c(N)c1. The summed E-state index contributed by atoms with van der Waals surface area (Å²) in [6, 6.07) is 6.74. The van der Waals surface area contributed by atoms with Crippen LogP contribution in [0, 0.1) is 0 Å². The maximum absolute atomic E-state index is 11.9. The van der Waals surface area contributed by atoms with Crippen LogP contribution in [0.1, 0.15) is 15.9 Å². The average molecular weight is 246 g/mol. The number of carbonyl (C=O) groups excluding carboxylic acids is 1. The van der Waals surface area contributed by atoms with Gasteiger partial charge in [-0.05, 0) is 18.2 Å². The number of hydrogen-bond acceptors (Lipinski definition) is 4. The van der Waals surface area contributed by atoms with Gasteiger partial charge in [-0.25, -0.2) is 0 Å². The van der Waals surface area contributed by atoms with Gasteiger partial charge in [0.05, 0.1) is 25.2 Å². The smallest absolute Gasteiger partial charge is 0.253 e. The Morgan fingerprint density at radius 3 is 2.89 bits per heavy atom. The topological polar surface area (TPSA) is 77.5 Å². The van der Waals surface area contributed by atoms with Crippen LogP contribution >= 0.6 is 0 Å². The summed E-state index contributed by atoms with van der Waals surface area (Å²) in [5, 5.41) is 2.76. The maximum atomic E-state index is 11.9. The Bertz CT molecular complexity index is 535. The highest BCUT2D eigenvalue weighted by molar-refractivity contribution is 5.99. The van der Waals surface area contributed by atoms with Crippen LogP contribution in [0.3, 0.4) is 0 Å². The zero-order chi connectivity index (χ0) is 13.0. The molecule has 2 aromatic rings. The van der Waals surface area contributed by atoms with Gasteiger partial charge in [0.1, 0.15) is 5.75 Å². The molecule has 2 rings (SSSR count). The van der Waals surface area contributed by atoms with Crippen LogP contribution in [-0.4, -0.2) is 13.0 Å². The number of carbonyl (C=O) groups is 1. The molecule has 0 aliphatic heterocycles. The highest BCUT2D eigenvalue weighted by Gasteiger charge is 2.10. The Hall–Kier alpha value is -2.43. The van der Waals surface area contributed by atoms with Crippen molar-refractivity contribution >= 4 is 11.6 Å². The van der Waals surface area contributed by atoms with Gasteiger partial charge in [0.25, 0.3) is 5.91 Å². The summed E-state index contributed by atoms with van der Waals surface area (Å²) < 4.78 is 9.94. The van der Waals surface area contributed by atoms with Crippen LogP contribution < -0.4 is 15.8 Å². The molecule has 0 aliphatic carbocycles. The fourth-order valence-corrected chi connectivity index (χ4v) is 1.55. The normalized spacial score (nSPS) is 10.1. The molecule has 1 aromatic heterocycles. The van der Waals surface area contributed by atoms with Crippen molar-refractivity contribution in [3.63, 3.8) is 0 Å². The van der Waals surface area contributed by atoms with E-state index in [1.165, 1.54) is 0 Å². The molecule has 0 unspecified atom stereocenters. The van der Waals surface area contributed by atoms with Crippen molar-refractivity contribution in [2.75, 3.05) is 12.8 Å². The molecule has 18 heavy (non-hydrogen) atoms. The van der Waals surface area contributed by atoms with E-state index >= 15 is 0 Å². The number of methoxy groups -OCH3 is 1. The first-order chi connectivity index (χ1) is 8.70. The quantitative estimate of drug-likeness (QED) is 0.806. The molecule has 1 amide bonds. The first-order valence-corrected chi connectivity index (χ1v) is 5.43. The summed E-state index contributed by atoms with van der Waals surface area (Å²) in [6.07, 6.45) is 3.14. The summed E-state index contributed by atoms with van der Waals surface area (Å²) in [5.41, 5.74) is 7.50. The van der Waals surface area contributed by atoms with Crippen molar-refractivity contribution in [1.82, 2.24) is 5.32 Å². The maximum Gasteiger partial charge on any atom is 0.253 e. The van der Waals surface area contributed by atoms with Gasteiger partial charge >= 0.3 is 0 Å². The number of benzene rings is 1. The molecule has 1 heterocycles. The van der Waals surface area contributed by atoms with Crippen LogP contribution in [-0.2, 0) is 6.54 Å². The van der Waals surface area contributed by atoms with Crippen LogP contribution in [0.4, 0.5) is 5.69 Å². The molecule has 0 saturated carbocycles. The van der Waals surface area contributed by atoms with Gasteiger partial charge in [-0.2, -0.15) is 0 Å². The van der Waals surface area contributed by atoms with Gasteiger partial charge in [0.2, 0.25) is 0 Å². The van der Waals surface area contributed by atoms with Gasteiger partial charge in [0, 0.05) is 23.9 Å². The summed E-state index contributed by atoms with van der Waals surface area (Å²) in [6.45, 7) is 0.404. The van der Waals surface area contributed by atoms with E-state index in [0.29, 0.717) is 23.5 Å². The van der Waals surface area contributed by atoms with Gasteiger partial charge in [-0.1, -0.05) is 0 Å². The molecule has 5 heteroatoms. The molecule has 0 fully saturated rings. The number of nitrogens with two attached hydrogens (primary N) is 1. The predicted octanol–water partition coefficient (Wildman–Crippen LogP) is 1.80. The zero-order valence-corrected chi connectivity index (χ0v) is 9.97. The van der Waals surface area contributed by atoms with Crippen molar-refractivity contribution < 1.29 is 13.9 Å². The van der Waals surface area contributed by atoms with E-state index in [-0.39, 0.29) is 5.91 Å². The molecular formula is C13H14N2O3. The Balaban J connectivity index is 2.04. The van der Waals surface area contributed by atoms with Gasteiger partial charge < -0.3 is 20.2 Å². The van der Waals surface area contributed by atoms with E-state index in [1.54, 1.807) is 43.9 Å². The molecule has 94 valence electrons. The van der Waals surface area contributed by atoms with Crippen molar-refractivity contribution in [2.24, 2.45) is 0 Å². The number of furan rings is 1. The summed E-state index contributed by atoms with van der Waals surface area (Å²) in [5.74, 6) is 0.398. The Kier molecular flexibility index (Phi) is 3.52. The number of rotatable bonds is 4. The monoisotopic (exact) mass is 246 g/mol. The fourth-order valence-electron chi connectivity index (χ4n) is 1.55. The fraction of sp³-hybridized carbons (Fsp3) is 0.154. The van der Waals surface area contributed by atoms with E-state index in [4.69, 9.17) is 14.9 Å². The second-order valence-corrected chi connectivity index (χ2v) is 3.77. The van der Waals surface area contributed by atoms with E-state index in [9.17, 15) is 4.79 Å². The minimum absolute atomic E-state index is 0.226. The zero-order valence-electron chi connectivity index (χ0n) is 9.97. The third-order valence-electron chi connectivity index (χ3n) is 2.54. The first kappa shape index (κ1) is 12.0. The lowest BCUT2D eigenvalue weighted by atomic mass is 10.1. The van der Waals surface area contributed by atoms with Gasteiger partial charge in [-0.3, -0.25) is 4.79 Å². The standard InChI is InChI=1S/C13H14N2O3/c1-17-10-2-3-11(12(14)6-10)13(16)15-7-9-4-5-18-8-9/h2-6,8H,7,14H2,1H3,(H,15,16). The number of hydrogen-bond donors (Lipinski definition) is 2. The molecule has 0 spiro atoms. The van der Waals surface area contributed by atoms with E-state index in [1.807, 2.05) is 0 Å². The van der Waals surface area contributed by atoms with Crippen LogP contribution in [0.15, 0.2) is 41.2 Å². The molecule has 5 nitrogen and oxygen atoms in total. The second-order valence-electron chi connectivity index (χ2n) is 3.77. The lowest BCUT2D eigenvalue weighted by Gasteiger charge is -2.08. The third-order valence-corrected chi connectivity index (χ3v) is 2.54. The van der Waals surface area contributed by atoms with E-state index in [2.05, 4.69) is 5.32 Å².